The van der Waals surface area contributed by atoms with Crippen molar-refractivity contribution < 1.29 is 168 Å². The lowest BCUT2D eigenvalue weighted by Crippen LogP contribution is -2.32. The topological polar surface area (TPSA) is 389 Å². The van der Waals surface area contributed by atoms with Gasteiger partial charge in [-0.05, 0) is 25.8 Å². The Morgan fingerprint density at radius 1 is 0.146 bits per heavy atom. The van der Waals surface area contributed by atoms with E-state index in [1.54, 1.807) is 0 Å². The van der Waals surface area contributed by atoms with Gasteiger partial charge >= 0.3 is 0 Å². The Labute approximate surface area is 739 Å². The number of hydrogen-bond acceptors (Lipinski definition) is 35. The molecule has 0 aliphatic rings. The fraction of sp³-hybridized carbons (Fsp3) is 1.00. The van der Waals surface area contributed by atoms with E-state index in [0.717, 1.165) is 19.6 Å². The minimum Gasteiger partial charge on any atom is -0.379 e. The maximum atomic E-state index is 10.6. The molecule has 0 heterocycles. The van der Waals surface area contributed by atoms with Crippen LogP contribution in [0.15, 0.2) is 0 Å². The van der Waals surface area contributed by atoms with Gasteiger partial charge in [-0.1, -0.05) is 103 Å². The Morgan fingerprint density at radius 2 is 0.260 bits per heavy atom. The van der Waals surface area contributed by atoms with Gasteiger partial charge in [0.2, 0.25) is 0 Å². The summed E-state index contributed by atoms with van der Waals surface area (Å²) < 4.78 is 227. The van der Waals surface area contributed by atoms with Crippen molar-refractivity contribution in [1.82, 2.24) is 4.90 Å². The first-order valence-corrected chi connectivity index (χ1v) is 48.8. The molecule has 0 aromatic heterocycles. The zero-order valence-corrected chi connectivity index (χ0v) is 77.4. The summed E-state index contributed by atoms with van der Waals surface area (Å²) in [5.74, 6) is -0.628. The number of rotatable bonds is 115. The molecule has 0 rings (SSSR count). The van der Waals surface area contributed by atoms with Crippen LogP contribution in [0.5, 0.6) is 0 Å². The van der Waals surface area contributed by atoms with Gasteiger partial charge in [0.05, 0.1) is 395 Å². The minimum absolute atomic E-state index is 0.237. The fourth-order valence-electron chi connectivity index (χ4n) is 10.7. The highest BCUT2D eigenvalue weighted by Crippen LogP contribution is 2.14. The molecule has 2 N–H and O–H groups in total. The molecule has 0 bridgehead atoms. The van der Waals surface area contributed by atoms with Crippen molar-refractivity contribution in [2.75, 3.05) is 428 Å². The lowest BCUT2D eigenvalue weighted by molar-refractivity contribution is -0.0303. The van der Waals surface area contributed by atoms with E-state index in [9.17, 15) is 16.8 Å². The molecule has 39 heteroatoms. The standard InChI is InChI=1S/C84H171NO36S2/c1-2-3-4-5-6-7-8-9-10-11-12-13-14-15-16-17-20-85(21-25-94-29-33-98-37-41-102-45-49-106-53-57-110-61-65-114-69-73-118-77-81-120-79-75-116-71-67-112-63-59-108-55-51-104-47-43-100-39-35-96-31-27-92-23-18-83-122(86,87)88)22-26-95-30-34-99-38-42-103-46-50-107-54-58-111-62-66-115-70-74-119-78-82-121-80-76-117-72-68-113-64-60-109-56-52-105-48-44-101-40-36-97-32-28-93-24-19-84-123(89,90)91/h2-84H2,1H3,(H,86,87,88)(H,89,90,91). The van der Waals surface area contributed by atoms with Gasteiger partial charge in [0.1, 0.15) is 0 Å². The SMILES string of the molecule is CCCCCCCCCCCCCCCCCCN(CCOCCOCCOCCOCCOCCOCCOCCOCCOCCOCCOCCOCCOCCOCCOCCCS(=O)(=O)O)CCOCCOCCOCCOCCOCCOCCOCCOCCOCCOCCOCCOCCOCCOCCOCCCS(=O)(=O)O. The first kappa shape index (κ1) is 122. The maximum absolute atomic E-state index is 10.6. The Morgan fingerprint density at radius 3 is 0.390 bits per heavy atom. The van der Waals surface area contributed by atoms with Crippen molar-refractivity contribution in [2.24, 2.45) is 0 Å². The van der Waals surface area contributed by atoms with Gasteiger partial charge < -0.3 is 142 Å². The summed E-state index contributed by atoms with van der Waals surface area (Å²) in [6, 6.07) is 0. The quantitative estimate of drug-likeness (QED) is 0.0478. The second-order valence-corrected chi connectivity index (χ2v) is 30.9. The smallest absolute Gasteiger partial charge is 0.264 e. The van der Waals surface area contributed by atoms with Gasteiger partial charge in [-0.15, -0.1) is 0 Å². The molecule has 0 aliphatic carbocycles. The van der Waals surface area contributed by atoms with E-state index >= 15 is 0 Å². The molecule has 0 unspecified atom stereocenters. The second kappa shape index (κ2) is 108. The predicted molar refractivity (Wildman–Crippen MR) is 463 cm³/mol. The van der Waals surface area contributed by atoms with E-state index < -0.39 is 20.2 Å². The monoisotopic (exact) mass is 1830 g/mol. The summed E-state index contributed by atoms with van der Waals surface area (Å²) in [7, 11) is -7.89. The predicted octanol–water partition coefficient (Wildman–Crippen LogP) is 6.60. The average molecular weight is 1840 g/mol. The van der Waals surface area contributed by atoms with Gasteiger partial charge in [0, 0.05) is 26.3 Å². The van der Waals surface area contributed by atoms with Crippen LogP contribution in [0.4, 0.5) is 0 Å². The van der Waals surface area contributed by atoms with Gasteiger partial charge in [0.15, 0.2) is 0 Å². The van der Waals surface area contributed by atoms with E-state index in [1.807, 2.05) is 0 Å². The lowest BCUT2D eigenvalue weighted by Gasteiger charge is -2.22. The summed E-state index contributed by atoms with van der Waals surface area (Å²) in [4.78, 5) is 2.45. The van der Waals surface area contributed by atoms with Crippen molar-refractivity contribution in [3.8, 4) is 0 Å². The summed E-state index contributed by atoms with van der Waals surface area (Å²) in [5.41, 5.74) is 0. The third-order valence-electron chi connectivity index (χ3n) is 17.2. The number of hydrogen-bond donors (Lipinski definition) is 2. The first-order chi connectivity index (χ1) is 60.6. The van der Waals surface area contributed by atoms with Gasteiger partial charge in [-0.3, -0.25) is 14.0 Å². The fourth-order valence-corrected chi connectivity index (χ4v) is 11.6. The molecule has 123 heavy (non-hydrogen) atoms. The molecular weight excluding hydrogens is 1660 g/mol. The summed E-state index contributed by atoms with van der Waals surface area (Å²) in [6.07, 6.45) is 22.1. The molecule has 0 saturated heterocycles. The van der Waals surface area contributed by atoms with Gasteiger partial charge in [-0.25, -0.2) is 0 Å². The van der Waals surface area contributed by atoms with Crippen LogP contribution in [-0.4, -0.2) is 458 Å². The van der Waals surface area contributed by atoms with Crippen LogP contribution in [0.2, 0.25) is 0 Å². The van der Waals surface area contributed by atoms with Crippen LogP contribution in [0.25, 0.3) is 0 Å². The summed E-state index contributed by atoms with van der Waals surface area (Å²) >= 11 is 0. The Hall–Kier alpha value is -1.42. The molecule has 0 fully saturated rings. The molecule has 0 amide bonds. The van der Waals surface area contributed by atoms with Crippen LogP contribution < -0.4 is 0 Å². The van der Waals surface area contributed by atoms with Gasteiger partial charge in [-0.2, -0.15) is 16.8 Å². The molecule has 0 spiro atoms. The van der Waals surface area contributed by atoms with Crippen LogP contribution >= 0.6 is 0 Å². The number of nitrogens with zero attached hydrogens (tertiary/aromatic N) is 1. The van der Waals surface area contributed by atoms with E-state index in [-0.39, 0.29) is 37.6 Å². The molecule has 0 aromatic carbocycles. The maximum Gasteiger partial charge on any atom is 0.264 e. The van der Waals surface area contributed by atoms with Crippen molar-refractivity contribution in [3.63, 3.8) is 0 Å². The van der Waals surface area contributed by atoms with Crippen molar-refractivity contribution in [3.05, 3.63) is 0 Å². The van der Waals surface area contributed by atoms with Crippen LogP contribution in [0, 0.1) is 0 Å². The Balaban J connectivity index is 3.73. The summed E-state index contributed by atoms with van der Waals surface area (Å²) in [5, 5.41) is 0. The van der Waals surface area contributed by atoms with Crippen LogP contribution in [0.1, 0.15) is 122 Å². The van der Waals surface area contributed by atoms with Gasteiger partial charge in [0.25, 0.3) is 20.2 Å². The highest BCUT2D eigenvalue weighted by atomic mass is 32.2. The van der Waals surface area contributed by atoms with E-state index in [0.29, 0.717) is 383 Å². The molecular formula is C84H171NO36S2. The third-order valence-corrected chi connectivity index (χ3v) is 18.8. The molecule has 0 saturated carbocycles. The van der Waals surface area contributed by atoms with Crippen molar-refractivity contribution >= 4 is 20.2 Å². The lowest BCUT2D eigenvalue weighted by atomic mass is 10.0. The molecule has 0 aliphatic heterocycles. The normalized spacial score (nSPS) is 12.2. The van der Waals surface area contributed by atoms with E-state index in [2.05, 4.69) is 11.8 Å². The number of unbranched alkanes of at least 4 members (excludes halogenated alkanes) is 15. The molecule has 740 valence electrons. The van der Waals surface area contributed by atoms with Crippen molar-refractivity contribution in [2.45, 2.75) is 122 Å². The highest BCUT2D eigenvalue weighted by Gasteiger charge is 2.10. The van der Waals surface area contributed by atoms with E-state index in [4.69, 9.17) is 151 Å². The number of ether oxygens (including phenoxy) is 30. The third kappa shape index (κ3) is 117. The molecule has 0 radical (unpaired) electrons. The largest absolute Gasteiger partial charge is 0.379 e. The summed E-state index contributed by atoms with van der Waals surface area (Å²) in [6.45, 7) is 32.6. The minimum atomic E-state index is -3.94. The van der Waals surface area contributed by atoms with Crippen LogP contribution in [0.3, 0.4) is 0 Å². The molecule has 0 aromatic rings. The Kier molecular flexibility index (Phi) is 106. The van der Waals surface area contributed by atoms with Crippen LogP contribution in [-0.2, 0) is 162 Å². The van der Waals surface area contributed by atoms with Crippen molar-refractivity contribution in [1.29, 1.82) is 0 Å². The zero-order chi connectivity index (χ0) is 88.5. The highest BCUT2D eigenvalue weighted by molar-refractivity contribution is 7.86. The first-order valence-electron chi connectivity index (χ1n) is 45.6. The Bertz CT molecular complexity index is 2050. The molecule has 0 atom stereocenters. The second-order valence-electron chi connectivity index (χ2n) is 27.8. The van der Waals surface area contributed by atoms with E-state index in [1.165, 1.54) is 103 Å². The zero-order valence-electron chi connectivity index (χ0n) is 75.7. The average Bonchev–Trinajstić information content (AvgIpc) is 1.00. The molecule has 37 nitrogen and oxygen atoms in total.